The molecular formula is C23H34F2. The van der Waals surface area contributed by atoms with Gasteiger partial charge in [0.15, 0.2) is 0 Å². The molecule has 0 saturated heterocycles. The van der Waals surface area contributed by atoms with E-state index in [1.807, 2.05) is 12.1 Å². The first kappa shape index (κ1) is 18.9. The quantitative estimate of drug-likeness (QED) is 0.490. The van der Waals surface area contributed by atoms with E-state index in [2.05, 4.69) is 6.92 Å². The van der Waals surface area contributed by atoms with Gasteiger partial charge in [0.2, 0.25) is 0 Å². The molecule has 2 fully saturated rings. The van der Waals surface area contributed by atoms with Crippen molar-refractivity contribution in [3.8, 4) is 0 Å². The molecule has 0 nitrogen and oxygen atoms in total. The smallest absolute Gasteiger partial charge is 0.205 e. The highest BCUT2D eigenvalue weighted by Gasteiger charge is 2.31. The summed E-state index contributed by atoms with van der Waals surface area (Å²) in [5.74, 6) is 3.35. The van der Waals surface area contributed by atoms with Gasteiger partial charge in [0.1, 0.15) is 0 Å². The van der Waals surface area contributed by atoms with Crippen LogP contribution in [0.2, 0.25) is 0 Å². The van der Waals surface area contributed by atoms with Crippen LogP contribution in [0.4, 0.5) is 8.78 Å². The lowest BCUT2D eigenvalue weighted by molar-refractivity contribution is 0.150. The fourth-order valence-electron chi connectivity index (χ4n) is 5.31. The maximum atomic E-state index is 12.8. The number of hydrogen-bond acceptors (Lipinski definition) is 0. The van der Waals surface area contributed by atoms with Crippen molar-refractivity contribution in [3.63, 3.8) is 0 Å². The van der Waals surface area contributed by atoms with Crippen LogP contribution >= 0.6 is 0 Å². The van der Waals surface area contributed by atoms with Gasteiger partial charge in [0.05, 0.1) is 0 Å². The summed E-state index contributed by atoms with van der Waals surface area (Å²) in [6.07, 6.45) is 12.7. The molecule has 0 amide bonds. The van der Waals surface area contributed by atoms with Crippen molar-refractivity contribution in [1.82, 2.24) is 0 Å². The lowest BCUT2D eigenvalue weighted by Crippen LogP contribution is -2.26. The van der Waals surface area contributed by atoms with E-state index in [0.717, 1.165) is 17.8 Å². The van der Waals surface area contributed by atoms with Crippen molar-refractivity contribution in [1.29, 1.82) is 0 Å². The van der Waals surface area contributed by atoms with Crippen molar-refractivity contribution in [3.05, 3.63) is 35.4 Å². The van der Waals surface area contributed by atoms with Crippen LogP contribution < -0.4 is 0 Å². The highest BCUT2D eigenvalue weighted by Crippen LogP contribution is 2.45. The molecule has 0 spiro atoms. The average molecular weight is 349 g/mol. The highest BCUT2D eigenvalue weighted by molar-refractivity contribution is 5.26. The first-order valence-electron chi connectivity index (χ1n) is 10.5. The minimum Gasteiger partial charge on any atom is -0.205 e. The summed E-state index contributed by atoms with van der Waals surface area (Å²) in [5.41, 5.74) is 1.44. The molecule has 0 heterocycles. The van der Waals surface area contributed by atoms with Crippen molar-refractivity contribution in [2.24, 2.45) is 17.8 Å². The van der Waals surface area contributed by atoms with Crippen molar-refractivity contribution in [2.45, 2.75) is 89.9 Å². The lowest BCUT2D eigenvalue weighted by Gasteiger charge is -2.38. The molecule has 2 heteroatoms. The Morgan fingerprint density at radius 3 is 2.28 bits per heavy atom. The third-order valence-corrected chi connectivity index (χ3v) is 6.90. The van der Waals surface area contributed by atoms with Crippen LogP contribution in [0, 0.1) is 17.8 Å². The molecule has 25 heavy (non-hydrogen) atoms. The number of benzene rings is 1. The van der Waals surface area contributed by atoms with E-state index >= 15 is 0 Å². The number of alkyl halides is 2. The van der Waals surface area contributed by atoms with Crippen molar-refractivity contribution in [2.75, 3.05) is 0 Å². The van der Waals surface area contributed by atoms with E-state index in [1.54, 1.807) is 12.1 Å². The van der Waals surface area contributed by atoms with Gasteiger partial charge in [0, 0.05) is 5.56 Å². The summed E-state index contributed by atoms with van der Waals surface area (Å²) in [5, 5.41) is 0. The molecule has 0 aromatic heterocycles. The molecule has 1 aromatic rings. The Kier molecular flexibility index (Phi) is 6.90. The lowest BCUT2D eigenvalue weighted by atomic mass is 9.67. The minimum absolute atomic E-state index is 0.154. The monoisotopic (exact) mass is 348 g/mol. The standard InChI is InChI=1S/C23H34F2/c1-2-3-5-17-8-10-18(11-9-17)21-6-4-7-22(16-21)19-12-14-20(15-13-19)23(24)25/h12-15,17-18,21-23H,2-11,16H2,1H3. The Labute approximate surface area is 152 Å². The van der Waals surface area contributed by atoms with E-state index in [4.69, 9.17) is 0 Å². The van der Waals surface area contributed by atoms with E-state index in [1.165, 1.54) is 76.2 Å². The van der Waals surface area contributed by atoms with E-state index in [0.29, 0.717) is 5.92 Å². The summed E-state index contributed by atoms with van der Waals surface area (Å²) >= 11 is 0. The van der Waals surface area contributed by atoms with Crippen LogP contribution in [-0.4, -0.2) is 0 Å². The molecular weight excluding hydrogens is 314 g/mol. The molecule has 0 radical (unpaired) electrons. The number of hydrogen-bond donors (Lipinski definition) is 0. The first-order chi connectivity index (χ1) is 12.2. The SMILES string of the molecule is CCCCC1CCC(C2CCCC(c3ccc(C(F)F)cc3)C2)CC1. The van der Waals surface area contributed by atoms with Gasteiger partial charge in [-0.1, -0.05) is 76.1 Å². The Morgan fingerprint density at radius 1 is 0.920 bits per heavy atom. The molecule has 2 unspecified atom stereocenters. The van der Waals surface area contributed by atoms with Gasteiger partial charge in [-0.3, -0.25) is 0 Å². The molecule has 0 N–H and O–H groups in total. The molecule has 2 saturated carbocycles. The van der Waals surface area contributed by atoms with Crippen molar-refractivity contribution >= 4 is 0 Å². The molecule has 2 aliphatic carbocycles. The number of rotatable bonds is 6. The summed E-state index contributed by atoms with van der Waals surface area (Å²) < 4.78 is 25.5. The second kappa shape index (κ2) is 9.14. The zero-order valence-corrected chi connectivity index (χ0v) is 15.7. The van der Waals surface area contributed by atoms with Crippen LogP contribution in [0.3, 0.4) is 0 Å². The molecule has 0 aliphatic heterocycles. The van der Waals surface area contributed by atoms with E-state index < -0.39 is 6.43 Å². The van der Waals surface area contributed by atoms with Gasteiger partial charge in [-0.05, 0) is 54.9 Å². The second-order valence-electron chi connectivity index (χ2n) is 8.51. The molecule has 140 valence electrons. The van der Waals surface area contributed by atoms with Gasteiger partial charge in [-0.25, -0.2) is 8.78 Å². The van der Waals surface area contributed by atoms with Gasteiger partial charge < -0.3 is 0 Å². The Hall–Kier alpha value is -0.920. The fourth-order valence-corrected chi connectivity index (χ4v) is 5.31. The van der Waals surface area contributed by atoms with Gasteiger partial charge in [-0.15, -0.1) is 0 Å². The van der Waals surface area contributed by atoms with E-state index in [9.17, 15) is 8.78 Å². The predicted octanol–water partition coefficient (Wildman–Crippen LogP) is 7.89. The van der Waals surface area contributed by atoms with Crippen molar-refractivity contribution < 1.29 is 8.78 Å². The molecule has 2 aliphatic rings. The maximum absolute atomic E-state index is 12.8. The maximum Gasteiger partial charge on any atom is 0.263 e. The number of unbranched alkanes of at least 4 members (excludes halogenated alkanes) is 1. The van der Waals surface area contributed by atoms with Crippen LogP contribution in [0.25, 0.3) is 0 Å². The Balaban J connectivity index is 1.53. The number of halogens is 2. The topological polar surface area (TPSA) is 0 Å². The zero-order valence-electron chi connectivity index (χ0n) is 15.7. The summed E-state index contributed by atoms with van der Waals surface area (Å²) in [6, 6.07) is 7.16. The zero-order chi connectivity index (χ0) is 17.6. The van der Waals surface area contributed by atoms with Crippen LogP contribution in [0.15, 0.2) is 24.3 Å². The molecule has 2 atom stereocenters. The van der Waals surface area contributed by atoms with Crippen LogP contribution in [0.1, 0.15) is 101 Å². The van der Waals surface area contributed by atoms with Gasteiger partial charge in [-0.2, -0.15) is 0 Å². The average Bonchev–Trinajstić information content (AvgIpc) is 2.67. The summed E-state index contributed by atoms with van der Waals surface area (Å²) in [4.78, 5) is 0. The van der Waals surface area contributed by atoms with Crippen LogP contribution in [0.5, 0.6) is 0 Å². The Bertz CT molecular complexity index is 499. The summed E-state index contributed by atoms with van der Waals surface area (Å²) in [7, 11) is 0. The fraction of sp³-hybridized carbons (Fsp3) is 0.739. The van der Waals surface area contributed by atoms with Gasteiger partial charge in [0.25, 0.3) is 6.43 Å². The largest absolute Gasteiger partial charge is 0.263 e. The normalized spacial score (nSPS) is 30.6. The molecule has 3 rings (SSSR count). The third kappa shape index (κ3) is 5.05. The molecule has 1 aromatic carbocycles. The highest BCUT2D eigenvalue weighted by atomic mass is 19.3. The van der Waals surface area contributed by atoms with Gasteiger partial charge >= 0.3 is 0 Å². The predicted molar refractivity (Wildman–Crippen MR) is 101 cm³/mol. The molecule has 0 bridgehead atoms. The Morgan fingerprint density at radius 2 is 1.64 bits per heavy atom. The van der Waals surface area contributed by atoms with E-state index in [-0.39, 0.29) is 5.56 Å². The third-order valence-electron chi connectivity index (χ3n) is 6.90. The van der Waals surface area contributed by atoms with Crippen LogP contribution in [-0.2, 0) is 0 Å². The first-order valence-corrected chi connectivity index (χ1v) is 10.5. The minimum atomic E-state index is -2.35. The summed E-state index contributed by atoms with van der Waals surface area (Å²) in [6.45, 7) is 2.29. The second-order valence-corrected chi connectivity index (χ2v) is 8.51.